The molecule has 0 spiro atoms. The van der Waals surface area contributed by atoms with E-state index in [-0.39, 0.29) is 30.2 Å². The van der Waals surface area contributed by atoms with Gasteiger partial charge in [0.25, 0.3) is 5.91 Å². The second-order valence-corrected chi connectivity index (χ2v) is 7.63. The minimum Gasteiger partial charge on any atom is -0.376 e. The molecule has 0 radical (unpaired) electrons. The van der Waals surface area contributed by atoms with E-state index >= 15 is 0 Å². The van der Waals surface area contributed by atoms with Crippen LogP contribution in [0.2, 0.25) is 0 Å². The lowest BCUT2D eigenvalue weighted by Crippen LogP contribution is -2.37. The van der Waals surface area contributed by atoms with Gasteiger partial charge in [-0.25, -0.2) is 9.37 Å². The first-order chi connectivity index (χ1) is 14.6. The molecule has 3 heterocycles. The van der Waals surface area contributed by atoms with Crippen LogP contribution >= 0.6 is 0 Å². The molecule has 2 aromatic carbocycles. The van der Waals surface area contributed by atoms with Crippen molar-refractivity contribution in [3.63, 3.8) is 0 Å². The summed E-state index contributed by atoms with van der Waals surface area (Å²) in [6.45, 7) is 1.13. The molecule has 30 heavy (non-hydrogen) atoms. The van der Waals surface area contributed by atoms with Crippen LogP contribution in [-0.4, -0.2) is 40.6 Å². The Morgan fingerprint density at radius 3 is 2.77 bits per heavy atom. The largest absolute Gasteiger partial charge is 0.376 e. The average molecular weight is 408 g/mol. The van der Waals surface area contributed by atoms with Crippen LogP contribution in [0.25, 0.3) is 11.0 Å². The molecular formula is C22H21FN4O3. The summed E-state index contributed by atoms with van der Waals surface area (Å²) in [5.41, 5.74) is 2.08. The van der Waals surface area contributed by atoms with Crippen molar-refractivity contribution in [3.8, 4) is 0 Å². The van der Waals surface area contributed by atoms with Crippen LogP contribution in [0.3, 0.4) is 0 Å². The zero-order valence-electron chi connectivity index (χ0n) is 16.3. The van der Waals surface area contributed by atoms with Crippen molar-refractivity contribution in [2.75, 3.05) is 23.4 Å². The van der Waals surface area contributed by atoms with Crippen molar-refractivity contribution in [2.24, 2.45) is 0 Å². The molecule has 7 nitrogen and oxygen atoms in total. The summed E-state index contributed by atoms with van der Waals surface area (Å²) in [5.74, 6) is -0.301. The number of nitrogens with zero attached hydrogens (tertiary/aromatic N) is 3. The third-order valence-electron chi connectivity index (χ3n) is 5.60. The number of halogens is 1. The molecule has 0 bridgehead atoms. The lowest BCUT2D eigenvalue weighted by atomic mass is 10.1. The lowest BCUT2D eigenvalue weighted by Gasteiger charge is -2.19. The van der Waals surface area contributed by atoms with Gasteiger partial charge in [0.1, 0.15) is 11.9 Å². The first kappa shape index (κ1) is 18.7. The topological polar surface area (TPSA) is 76.5 Å². The number of carbonyl (C=O) groups is 2. The second-order valence-electron chi connectivity index (χ2n) is 7.63. The van der Waals surface area contributed by atoms with E-state index in [0.717, 1.165) is 23.9 Å². The highest BCUT2D eigenvalue weighted by molar-refractivity contribution is 6.05. The maximum Gasteiger partial charge on any atom is 0.253 e. The van der Waals surface area contributed by atoms with Crippen LogP contribution in [0.5, 0.6) is 0 Å². The first-order valence-corrected chi connectivity index (χ1v) is 10.1. The van der Waals surface area contributed by atoms with Gasteiger partial charge in [-0.1, -0.05) is 12.1 Å². The fourth-order valence-corrected chi connectivity index (χ4v) is 4.18. The summed E-state index contributed by atoms with van der Waals surface area (Å²) < 4.78 is 20.7. The highest BCUT2D eigenvalue weighted by Crippen LogP contribution is 2.37. The highest BCUT2D eigenvalue weighted by atomic mass is 19.1. The molecule has 0 unspecified atom stereocenters. The van der Waals surface area contributed by atoms with E-state index in [9.17, 15) is 14.0 Å². The van der Waals surface area contributed by atoms with Gasteiger partial charge in [0.05, 0.1) is 30.1 Å². The minimum atomic E-state index is -0.686. The number of nitrogens with one attached hydrogen (secondary N) is 1. The Hall–Kier alpha value is -3.26. The van der Waals surface area contributed by atoms with Crippen LogP contribution in [0.15, 0.2) is 48.5 Å². The van der Waals surface area contributed by atoms with E-state index in [0.29, 0.717) is 24.8 Å². The number of para-hydroxylation sites is 2. The Bertz CT molecular complexity index is 1110. The fraction of sp³-hybridized carbons (Fsp3) is 0.318. The van der Waals surface area contributed by atoms with E-state index in [1.807, 2.05) is 28.8 Å². The molecule has 2 atom stereocenters. The molecule has 2 amide bonds. The van der Waals surface area contributed by atoms with Crippen LogP contribution in [-0.2, 0) is 14.3 Å². The molecule has 3 aromatic rings. The van der Waals surface area contributed by atoms with E-state index in [1.165, 1.54) is 24.3 Å². The number of amides is 2. The van der Waals surface area contributed by atoms with Crippen molar-refractivity contribution in [1.29, 1.82) is 0 Å². The lowest BCUT2D eigenvalue weighted by molar-refractivity contribution is -0.124. The normalized spacial score (nSPS) is 20.7. The van der Waals surface area contributed by atoms with Crippen molar-refractivity contribution in [3.05, 3.63) is 54.3 Å². The molecule has 2 aliphatic heterocycles. The van der Waals surface area contributed by atoms with Gasteiger partial charge < -0.3 is 10.1 Å². The number of aromatic nitrogens is 2. The van der Waals surface area contributed by atoms with Crippen LogP contribution in [0.4, 0.5) is 16.0 Å². The molecular weight excluding hydrogens is 387 g/mol. The first-order valence-electron chi connectivity index (χ1n) is 10.1. The maximum absolute atomic E-state index is 13.3. The zero-order chi connectivity index (χ0) is 20.7. The maximum atomic E-state index is 13.3. The number of carbonyl (C=O) groups excluding carboxylic acids is 2. The Labute approximate surface area is 172 Å². The van der Waals surface area contributed by atoms with Crippen molar-refractivity contribution < 1.29 is 18.7 Å². The summed E-state index contributed by atoms with van der Waals surface area (Å²) in [4.78, 5) is 32.3. The van der Waals surface area contributed by atoms with Gasteiger partial charge in [0.2, 0.25) is 11.9 Å². The minimum absolute atomic E-state index is 0.0194. The predicted molar refractivity (Wildman–Crippen MR) is 110 cm³/mol. The highest BCUT2D eigenvalue weighted by Gasteiger charge is 2.42. The summed E-state index contributed by atoms with van der Waals surface area (Å²) in [6.07, 6.45) is 1.83. The molecule has 8 heteroatoms. The molecule has 1 fully saturated rings. The Morgan fingerprint density at radius 1 is 1.20 bits per heavy atom. The molecule has 0 aliphatic carbocycles. The molecule has 1 N–H and O–H groups in total. The molecule has 5 rings (SSSR count). The average Bonchev–Trinajstić information content (AvgIpc) is 3.44. The van der Waals surface area contributed by atoms with Gasteiger partial charge in [0, 0.05) is 12.3 Å². The van der Waals surface area contributed by atoms with Gasteiger partial charge >= 0.3 is 0 Å². The van der Waals surface area contributed by atoms with Crippen molar-refractivity contribution in [2.45, 2.75) is 31.4 Å². The summed E-state index contributed by atoms with van der Waals surface area (Å²) >= 11 is 0. The van der Waals surface area contributed by atoms with Gasteiger partial charge in [-0.3, -0.25) is 19.1 Å². The Kier molecular flexibility index (Phi) is 4.71. The summed E-state index contributed by atoms with van der Waals surface area (Å²) in [5, 5.41) is 2.74. The number of rotatable bonds is 5. The smallest absolute Gasteiger partial charge is 0.253 e. The Balaban J connectivity index is 1.43. The number of imidazole rings is 1. The van der Waals surface area contributed by atoms with E-state index in [4.69, 9.17) is 4.74 Å². The number of benzene rings is 2. The molecule has 0 saturated carbocycles. The number of ether oxygens (including phenoxy) is 1. The third-order valence-corrected chi connectivity index (χ3v) is 5.60. The van der Waals surface area contributed by atoms with Gasteiger partial charge in [0.15, 0.2) is 0 Å². The van der Waals surface area contributed by atoms with Crippen LogP contribution < -0.4 is 10.2 Å². The third kappa shape index (κ3) is 3.33. The monoisotopic (exact) mass is 408 g/mol. The van der Waals surface area contributed by atoms with E-state index < -0.39 is 6.04 Å². The molecule has 154 valence electrons. The van der Waals surface area contributed by atoms with Crippen LogP contribution in [0, 0.1) is 5.82 Å². The zero-order valence-corrected chi connectivity index (χ0v) is 16.3. The number of fused-ring (bicyclic) bond motifs is 3. The van der Waals surface area contributed by atoms with Crippen molar-refractivity contribution in [1.82, 2.24) is 9.55 Å². The standard InChI is InChI=1S/C22H21FN4O3/c23-14-7-9-15(10-8-14)24-20(28)12-19-21(29)26(13-16-4-3-11-30-16)22-25-17-5-1-2-6-18(17)27(19)22/h1-2,5-10,16,19H,3-4,11-13H2,(H,24,28)/t16-,19+/m1/s1. The number of hydrogen-bond donors (Lipinski definition) is 1. The molecule has 1 aromatic heterocycles. The van der Waals surface area contributed by atoms with Crippen molar-refractivity contribution >= 4 is 34.5 Å². The van der Waals surface area contributed by atoms with E-state index in [1.54, 1.807) is 4.90 Å². The number of hydrogen-bond acceptors (Lipinski definition) is 4. The molecule has 1 saturated heterocycles. The van der Waals surface area contributed by atoms with Crippen LogP contribution in [0.1, 0.15) is 25.3 Å². The SMILES string of the molecule is O=C(C[C@H]1C(=O)N(C[C@H]2CCCO2)c2nc3ccccc3n21)Nc1ccc(F)cc1. The number of anilines is 2. The molecule has 2 aliphatic rings. The van der Waals surface area contributed by atoms with Gasteiger partial charge in [-0.15, -0.1) is 0 Å². The van der Waals surface area contributed by atoms with Gasteiger partial charge in [-0.05, 0) is 49.2 Å². The quantitative estimate of drug-likeness (QED) is 0.703. The summed E-state index contributed by atoms with van der Waals surface area (Å²) in [6, 6.07) is 12.4. The predicted octanol–water partition coefficient (Wildman–Crippen LogP) is 3.27. The Morgan fingerprint density at radius 2 is 2.00 bits per heavy atom. The van der Waals surface area contributed by atoms with E-state index in [2.05, 4.69) is 10.3 Å². The summed E-state index contributed by atoms with van der Waals surface area (Å²) in [7, 11) is 0. The fourth-order valence-electron chi connectivity index (χ4n) is 4.18. The van der Waals surface area contributed by atoms with Gasteiger partial charge in [-0.2, -0.15) is 0 Å². The second kappa shape index (κ2) is 7.53.